The molecule has 0 aliphatic carbocycles. The third-order valence-corrected chi connectivity index (χ3v) is 7.08. The first-order valence-corrected chi connectivity index (χ1v) is 12.1. The van der Waals surface area contributed by atoms with Gasteiger partial charge in [0.1, 0.15) is 12.4 Å². The van der Waals surface area contributed by atoms with Gasteiger partial charge in [0.15, 0.2) is 23.2 Å². The number of halogens is 5. The minimum atomic E-state index is -5.01. The molecule has 0 amide bonds. The molecular formula is C25H21F5N4O6. The number of alkyl halides is 3. The molecule has 2 atom stereocenters. The van der Waals surface area contributed by atoms with Gasteiger partial charge in [0.05, 0.1) is 25.4 Å². The maximum atomic E-state index is 14.8. The van der Waals surface area contributed by atoms with Crippen LogP contribution in [-0.2, 0) is 17.9 Å². The van der Waals surface area contributed by atoms with Gasteiger partial charge in [-0.25, -0.2) is 18.6 Å². The molecule has 3 aliphatic rings. The number of aromatic nitrogens is 3. The lowest BCUT2D eigenvalue weighted by atomic mass is 9.92. The molecule has 1 aromatic carbocycles. The molecule has 15 heteroatoms. The van der Waals surface area contributed by atoms with Crippen LogP contribution in [0.25, 0.3) is 0 Å². The number of anilines is 1. The smallest absolute Gasteiger partial charge is 0.489 e. The van der Waals surface area contributed by atoms with Gasteiger partial charge in [-0.3, -0.25) is 4.57 Å². The van der Waals surface area contributed by atoms with Crippen molar-refractivity contribution in [3.63, 3.8) is 0 Å². The van der Waals surface area contributed by atoms with Crippen LogP contribution in [0.3, 0.4) is 0 Å². The Bertz CT molecular complexity index is 1510. The van der Waals surface area contributed by atoms with Gasteiger partial charge in [-0.15, -0.1) is 13.2 Å². The SMILES string of the molecule is COc1c(OCc2cc(F)c(Oc3ccnc(OC(F)(F)F)c3)c(F)c2)nc(=O)n2c1N1CC3CC1(CC2)CO3. The van der Waals surface area contributed by atoms with Gasteiger partial charge in [-0.2, -0.15) is 4.98 Å². The first-order valence-electron chi connectivity index (χ1n) is 12.1. The molecule has 0 N–H and O–H groups in total. The first-order chi connectivity index (χ1) is 19.0. The number of pyridine rings is 1. The van der Waals surface area contributed by atoms with Crippen LogP contribution >= 0.6 is 0 Å². The van der Waals surface area contributed by atoms with E-state index in [0.717, 1.165) is 43.3 Å². The lowest BCUT2D eigenvalue weighted by molar-refractivity contribution is -0.276. The van der Waals surface area contributed by atoms with Crippen LogP contribution in [0, 0.1) is 11.6 Å². The molecule has 2 fully saturated rings. The Labute approximate surface area is 222 Å². The first kappa shape index (κ1) is 26.1. The van der Waals surface area contributed by atoms with Crippen molar-refractivity contribution < 1.29 is 45.6 Å². The Morgan fingerprint density at radius 1 is 1.18 bits per heavy atom. The molecule has 1 spiro atoms. The second-order valence-corrected chi connectivity index (χ2v) is 9.59. The van der Waals surface area contributed by atoms with E-state index in [9.17, 15) is 26.7 Å². The third kappa shape index (κ3) is 4.63. The van der Waals surface area contributed by atoms with Crippen molar-refractivity contribution >= 4 is 5.82 Å². The van der Waals surface area contributed by atoms with Crippen molar-refractivity contribution in [3.05, 3.63) is 58.1 Å². The lowest BCUT2D eigenvalue weighted by Gasteiger charge is -2.44. The van der Waals surface area contributed by atoms with E-state index in [1.54, 1.807) is 0 Å². The zero-order valence-electron chi connectivity index (χ0n) is 20.8. The second kappa shape index (κ2) is 9.50. The van der Waals surface area contributed by atoms with Gasteiger partial charge in [-0.05, 0) is 30.2 Å². The van der Waals surface area contributed by atoms with Gasteiger partial charge in [0.2, 0.25) is 11.6 Å². The van der Waals surface area contributed by atoms with Crippen molar-refractivity contribution in [3.8, 4) is 29.0 Å². The molecule has 2 bridgehead atoms. The quantitative estimate of drug-likeness (QED) is 0.393. The zero-order valence-corrected chi connectivity index (χ0v) is 20.8. The summed E-state index contributed by atoms with van der Waals surface area (Å²) in [5.41, 5.74) is -0.749. The van der Waals surface area contributed by atoms with E-state index in [2.05, 4.69) is 19.6 Å². The maximum absolute atomic E-state index is 14.8. The van der Waals surface area contributed by atoms with Crippen molar-refractivity contribution in [2.24, 2.45) is 0 Å². The van der Waals surface area contributed by atoms with E-state index in [4.69, 9.17) is 18.9 Å². The summed E-state index contributed by atoms with van der Waals surface area (Å²) in [6, 6.07) is 3.69. The highest BCUT2D eigenvalue weighted by molar-refractivity contribution is 5.62. The fourth-order valence-corrected chi connectivity index (χ4v) is 5.40. The summed E-state index contributed by atoms with van der Waals surface area (Å²) in [7, 11) is 1.41. The third-order valence-electron chi connectivity index (χ3n) is 7.08. The predicted molar refractivity (Wildman–Crippen MR) is 126 cm³/mol. The van der Waals surface area contributed by atoms with Crippen LogP contribution in [0.1, 0.15) is 18.4 Å². The molecule has 212 valence electrons. The second-order valence-electron chi connectivity index (χ2n) is 9.59. The molecule has 5 heterocycles. The molecule has 2 aromatic heterocycles. The molecule has 6 rings (SSSR count). The Balaban J connectivity index is 1.22. The van der Waals surface area contributed by atoms with E-state index in [1.165, 1.54) is 11.7 Å². The average Bonchev–Trinajstić information content (AvgIpc) is 3.47. The molecule has 40 heavy (non-hydrogen) atoms. The molecule has 0 saturated carbocycles. The summed E-state index contributed by atoms with van der Waals surface area (Å²) in [5.74, 6) is -3.72. The van der Waals surface area contributed by atoms with Gasteiger partial charge in [0.25, 0.3) is 5.88 Å². The van der Waals surface area contributed by atoms with E-state index in [0.29, 0.717) is 25.5 Å². The predicted octanol–water partition coefficient (Wildman–Crippen LogP) is 3.95. The Morgan fingerprint density at radius 2 is 1.95 bits per heavy atom. The lowest BCUT2D eigenvalue weighted by Crippen LogP contribution is -2.55. The molecule has 3 aromatic rings. The number of methoxy groups -OCH3 is 1. The Kier molecular flexibility index (Phi) is 6.20. The van der Waals surface area contributed by atoms with Gasteiger partial charge in [0, 0.05) is 31.8 Å². The zero-order chi connectivity index (χ0) is 28.2. The number of hydrogen-bond donors (Lipinski definition) is 0. The van der Waals surface area contributed by atoms with E-state index in [1.807, 2.05) is 0 Å². The summed E-state index contributed by atoms with van der Waals surface area (Å²) < 4.78 is 94.4. The fourth-order valence-electron chi connectivity index (χ4n) is 5.40. The minimum absolute atomic E-state index is 0.0324. The minimum Gasteiger partial charge on any atom is -0.489 e. The van der Waals surface area contributed by atoms with Crippen molar-refractivity contribution in [1.82, 2.24) is 14.5 Å². The number of benzene rings is 1. The molecule has 2 unspecified atom stereocenters. The van der Waals surface area contributed by atoms with Crippen LogP contribution in [0.5, 0.6) is 29.0 Å². The van der Waals surface area contributed by atoms with Gasteiger partial charge in [-0.1, -0.05) is 0 Å². The van der Waals surface area contributed by atoms with Crippen LogP contribution in [-0.4, -0.2) is 52.8 Å². The number of fused-ring (bicyclic) bond motifs is 3. The van der Waals surface area contributed by atoms with Crippen LogP contribution in [0.4, 0.5) is 27.8 Å². The molecule has 10 nitrogen and oxygen atoms in total. The van der Waals surface area contributed by atoms with Crippen LogP contribution in [0.2, 0.25) is 0 Å². The van der Waals surface area contributed by atoms with E-state index in [-0.39, 0.29) is 41.2 Å². The fraction of sp³-hybridized carbons (Fsp3) is 0.400. The molecular weight excluding hydrogens is 547 g/mol. The van der Waals surface area contributed by atoms with Crippen molar-refractivity contribution in [2.45, 2.75) is 44.0 Å². The molecule has 2 saturated heterocycles. The number of hydrogen-bond acceptors (Lipinski definition) is 9. The molecule has 0 radical (unpaired) electrons. The van der Waals surface area contributed by atoms with Gasteiger partial charge >= 0.3 is 12.1 Å². The number of nitrogens with zero attached hydrogens (tertiary/aromatic N) is 4. The Hall–Kier alpha value is -4.14. The highest BCUT2D eigenvalue weighted by Crippen LogP contribution is 2.50. The monoisotopic (exact) mass is 568 g/mol. The number of rotatable bonds is 7. The van der Waals surface area contributed by atoms with Crippen molar-refractivity contribution in [2.75, 3.05) is 25.2 Å². The normalized spacial score (nSPS) is 21.1. The Morgan fingerprint density at radius 3 is 2.65 bits per heavy atom. The summed E-state index contributed by atoms with van der Waals surface area (Å²) in [4.78, 5) is 22.3. The summed E-state index contributed by atoms with van der Waals surface area (Å²) in [5, 5.41) is 0. The van der Waals surface area contributed by atoms with Crippen molar-refractivity contribution in [1.29, 1.82) is 0 Å². The maximum Gasteiger partial charge on any atom is 0.574 e. The van der Waals surface area contributed by atoms with Crippen LogP contribution < -0.4 is 29.5 Å². The van der Waals surface area contributed by atoms with Gasteiger partial charge < -0.3 is 28.6 Å². The standard InChI is InChI=1S/C25H21F5N4O6/c1-36-20-21(32-23(35)33-5-3-24-9-15(38-12-24)10-34(24)22(20)33)37-11-13-6-16(26)19(17(27)7-13)39-14-2-4-31-18(8-14)40-25(28,29)30/h2,4,6-8,15H,3,5,9-12H2,1H3. The number of morpholine rings is 1. The van der Waals surface area contributed by atoms with E-state index < -0.39 is 35.3 Å². The van der Waals surface area contributed by atoms with E-state index >= 15 is 0 Å². The highest BCUT2D eigenvalue weighted by Gasteiger charge is 2.55. The summed E-state index contributed by atoms with van der Waals surface area (Å²) in [6.07, 6.45) is -2.46. The average molecular weight is 568 g/mol. The molecule has 3 aliphatic heterocycles. The topological polar surface area (TPSA) is 97.2 Å². The largest absolute Gasteiger partial charge is 0.574 e. The highest BCUT2D eigenvalue weighted by atomic mass is 19.4. The van der Waals surface area contributed by atoms with Crippen LogP contribution in [0.15, 0.2) is 35.3 Å². The summed E-state index contributed by atoms with van der Waals surface area (Å²) in [6.45, 7) is 1.18. The number of ether oxygens (including phenoxy) is 5. The summed E-state index contributed by atoms with van der Waals surface area (Å²) >= 11 is 0.